The molecule has 2 aromatic rings. The average Bonchev–Trinajstić information content (AvgIpc) is 2.93. The Hall–Kier alpha value is -3.42. The van der Waals surface area contributed by atoms with Gasteiger partial charge >= 0.3 is 6.18 Å². The summed E-state index contributed by atoms with van der Waals surface area (Å²) in [5, 5.41) is 10.6. The third kappa shape index (κ3) is 3.40. The van der Waals surface area contributed by atoms with E-state index in [1.165, 1.54) is 36.7 Å². The summed E-state index contributed by atoms with van der Waals surface area (Å²) in [5.41, 5.74) is -0.584. The highest BCUT2D eigenvalue weighted by molar-refractivity contribution is 6.46. The van der Waals surface area contributed by atoms with Gasteiger partial charge in [0.2, 0.25) is 0 Å². The Morgan fingerprint density at radius 2 is 1.89 bits per heavy atom. The first-order valence-electron chi connectivity index (χ1n) is 8.22. The number of Topliss-reactive ketones (excluding diaryl/α,β-unsaturated/α-hetero) is 1. The van der Waals surface area contributed by atoms with Crippen molar-refractivity contribution in [2.75, 3.05) is 6.54 Å². The third-order valence-corrected chi connectivity index (χ3v) is 4.35. The molecule has 1 aromatic carbocycles. The number of hydrogen-bond donors (Lipinski definition) is 1. The van der Waals surface area contributed by atoms with Crippen molar-refractivity contribution in [1.29, 1.82) is 0 Å². The Morgan fingerprint density at radius 1 is 1.21 bits per heavy atom. The number of amides is 1. The van der Waals surface area contributed by atoms with Crippen molar-refractivity contribution in [3.63, 3.8) is 0 Å². The molecule has 1 aliphatic heterocycles. The van der Waals surface area contributed by atoms with Crippen molar-refractivity contribution in [3.8, 4) is 0 Å². The second-order valence-corrected chi connectivity index (χ2v) is 6.10. The van der Waals surface area contributed by atoms with Crippen LogP contribution in [-0.4, -0.2) is 33.2 Å². The number of aliphatic hydroxyl groups excluding tert-OH is 1. The van der Waals surface area contributed by atoms with Gasteiger partial charge in [0.25, 0.3) is 11.7 Å². The predicted octanol–water partition coefficient (Wildman–Crippen LogP) is 3.71. The van der Waals surface area contributed by atoms with Gasteiger partial charge in [-0.15, -0.1) is 6.58 Å². The summed E-state index contributed by atoms with van der Waals surface area (Å²) in [6.07, 6.45) is -0.329. The van der Waals surface area contributed by atoms with Gasteiger partial charge in [0.05, 0.1) is 17.2 Å². The van der Waals surface area contributed by atoms with Gasteiger partial charge in [-0.05, 0) is 29.8 Å². The fourth-order valence-corrected chi connectivity index (χ4v) is 3.07. The maximum absolute atomic E-state index is 12.9. The monoisotopic (exact) mass is 388 g/mol. The zero-order valence-electron chi connectivity index (χ0n) is 14.5. The topological polar surface area (TPSA) is 70.5 Å². The van der Waals surface area contributed by atoms with Crippen molar-refractivity contribution in [2.24, 2.45) is 0 Å². The first kappa shape index (κ1) is 19.3. The van der Waals surface area contributed by atoms with Crippen LogP contribution >= 0.6 is 0 Å². The second kappa shape index (κ2) is 7.30. The van der Waals surface area contributed by atoms with E-state index in [-0.39, 0.29) is 23.2 Å². The van der Waals surface area contributed by atoms with E-state index in [2.05, 4.69) is 11.6 Å². The van der Waals surface area contributed by atoms with Gasteiger partial charge in [0.1, 0.15) is 5.76 Å². The van der Waals surface area contributed by atoms with Gasteiger partial charge in [-0.25, -0.2) is 0 Å². The van der Waals surface area contributed by atoms with Crippen molar-refractivity contribution >= 4 is 17.4 Å². The molecule has 1 N–H and O–H groups in total. The quantitative estimate of drug-likeness (QED) is 0.375. The molecule has 1 saturated heterocycles. The van der Waals surface area contributed by atoms with Crippen molar-refractivity contribution in [3.05, 3.63) is 83.7 Å². The lowest BCUT2D eigenvalue weighted by atomic mass is 9.95. The van der Waals surface area contributed by atoms with Crippen LogP contribution in [0.5, 0.6) is 0 Å². The van der Waals surface area contributed by atoms with Crippen LogP contribution in [0.2, 0.25) is 0 Å². The van der Waals surface area contributed by atoms with Gasteiger partial charge in [-0.1, -0.05) is 18.2 Å². The third-order valence-electron chi connectivity index (χ3n) is 4.35. The minimum atomic E-state index is -4.52. The molecule has 0 aliphatic carbocycles. The van der Waals surface area contributed by atoms with E-state index in [9.17, 15) is 27.9 Å². The normalized spacial score (nSPS) is 19.1. The number of carbonyl (C=O) groups is 2. The Morgan fingerprint density at radius 3 is 2.43 bits per heavy atom. The molecule has 2 heterocycles. The number of aromatic nitrogens is 1. The SMILES string of the molecule is C=CCN1C(=O)C(=O)/C(=C(/O)c2cccnc2)C1c1ccc(C(F)(F)F)cc1. The van der Waals surface area contributed by atoms with Crippen LogP contribution in [-0.2, 0) is 15.8 Å². The predicted molar refractivity (Wildman–Crippen MR) is 94.9 cm³/mol. The number of nitrogens with zero attached hydrogens (tertiary/aromatic N) is 2. The molecule has 1 amide bonds. The fourth-order valence-electron chi connectivity index (χ4n) is 3.07. The number of alkyl halides is 3. The highest BCUT2D eigenvalue weighted by Gasteiger charge is 2.45. The molecule has 0 radical (unpaired) electrons. The first-order chi connectivity index (χ1) is 13.3. The molecule has 1 aromatic heterocycles. The lowest BCUT2D eigenvalue weighted by Gasteiger charge is -2.24. The standard InChI is InChI=1S/C20H15F3N2O3/c1-2-10-25-16(12-5-7-14(8-6-12)20(21,22)23)15(18(27)19(25)28)17(26)13-4-3-9-24-11-13/h2-9,11,16,26H,1,10H2/b17-15+. The highest BCUT2D eigenvalue weighted by Crippen LogP contribution is 2.40. The lowest BCUT2D eigenvalue weighted by molar-refractivity contribution is -0.139. The minimum absolute atomic E-state index is 0.0138. The Balaban J connectivity index is 2.16. The van der Waals surface area contributed by atoms with Crippen LogP contribution in [0.25, 0.3) is 5.76 Å². The van der Waals surface area contributed by atoms with E-state index in [0.717, 1.165) is 17.0 Å². The molecule has 0 spiro atoms. The molecular weight excluding hydrogens is 373 g/mol. The average molecular weight is 388 g/mol. The molecule has 0 bridgehead atoms. The van der Waals surface area contributed by atoms with E-state index in [1.807, 2.05) is 0 Å². The molecule has 28 heavy (non-hydrogen) atoms. The van der Waals surface area contributed by atoms with Gasteiger partial charge < -0.3 is 10.0 Å². The van der Waals surface area contributed by atoms with Crippen molar-refractivity contribution in [1.82, 2.24) is 9.88 Å². The van der Waals surface area contributed by atoms with Gasteiger partial charge in [0.15, 0.2) is 0 Å². The number of carbonyl (C=O) groups excluding carboxylic acids is 2. The molecule has 1 aliphatic rings. The number of pyridine rings is 1. The summed E-state index contributed by atoms with van der Waals surface area (Å²) in [4.78, 5) is 30.0. The number of halogens is 3. The number of rotatable bonds is 4. The fraction of sp³-hybridized carbons (Fsp3) is 0.150. The lowest BCUT2D eigenvalue weighted by Crippen LogP contribution is -2.29. The molecule has 1 unspecified atom stereocenters. The minimum Gasteiger partial charge on any atom is -0.507 e. The largest absolute Gasteiger partial charge is 0.507 e. The van der Waals surface area contributed by atoms with Gasteiger partial charge in [-0.3, -0.25) is 14.6 Å². The summed E-state index contributed by atoms with van der Waals surface area (Å²) >= 11 is 0. The van der Waals surface area contributed by atoms with Crippen LogP contribution in [0.3, 0.4) is 0 Å². The summed E-state index contributed by atoms with van der Waals surface area (Å²) in [6, 6.07) is 6.12. The second-order valence-electron chi connectivity index (χ2n) is 6.10. The molecule has 144 valence electrons. The maximum atomic E-state index is 12.9. The Bertz CT molecular complexity index is 951. The van der Waals surface area contributed by atoms with Crippen LogP contribution in [0.4, 0.5) is 13.2 Å². The molecule has 1 fully saturated rings. The summed E-state index contributed by atoms with van der Waals surface area (Å²) in [7, 11) is 0. The number of ketones is 1. The molecule has 1 atom stereocenters. The Kier molecular flexibility index (Phi) is 5.04. The van der Waals surface area contributed by atoms with Crippen molar-refractivity contribution < 1.29 is 27.9 Å². The zero-order valence-corrected chi connectivity index (χ0v) is 14.5. The van der Waals surface area contributed by atoms with Gasteiger partial charge in [-0.2, -0.15) is 13.2 Å². The van der Waals surface area contributed by atoms with E-state index in [1.54, 1.807) is 6.07 Å². The van der Waals surface area contributed by atoms with E-state index >= 15 is 0 Å². The maximum Gasteiger partial charge on any atom is 0.416 e. The van der Waals surface area contributed by atoms with Gasteiger partial charge in [0, 0.05) is 24.5 Å². The first-order valence-corrected chi connectivity index (χ1v) is 8.22. The summed E-state index contributed by atoms with van der Waals surface area (Å²) < 4.78 is 38.6. The van der Waals surface area contributed by atoms with Crippen LogP contribution in [0, 0.1) is 0 Å². The highest BCUT2D eigenvalue weighted by atomic mass is 19.4. The number of hydrogen-bond acceptors (Lipinski definition) is 4. The summed E-state index contributed by atoms with van der Waals surface area (Å²) in [5.74, 6) is -2.23. The smallest absolute Gasteiger partial charge is 0.416 e. The summed E-state index contributed by atoms with van der Waals surface area (Å²) in [6.45, 7) is 3.53. The van der Waals surface area contributed by atoms with Crippen LogP contribution < -0.4 is 0 Å². The molecule has 5 nitrogen and oxygen atoms in total. The molecule has 3 rings (SSSR count). The van der Waals surface area contributed by atoms with E-state index in [4.69, 9.17) is 0 Å². The van der Waals surface area contributed by atoms with Crippen LogP contribution in [0.1, 0.15) is 22.7 Å². The van der Waals surface area contributed by atoms with E-state index in [0.29, 0.717) is 0 Å². The van der Waals surface area contributed by atoms with Crippen molar-refractivity contribution in [2.45, 2.75) is 12.2 Å². The Labute approximate surface area is 158 Å². The molecule has 0 saturated carbocycles. The van der Waals surface area contributed by atoms with Crippen LogP contribution in [0.15, 0.2) is 67.0 Å². The molecule has 8 heteroatoms. The zero-order chi connectivity index (χ0) is 20.5. The van der Waals surface area contributed by atoms with E-state index < -0.39 is 35.2 Å². The molecular formula is C20H15F3N2O3. The number of benzene rings is 1. The number of aliphatic hydroxyl groups is 1. The number of likely N-dealkylation sites (tertiary alicyclic amines) is 1.